The maximum atomic E-state index is 12.8. The highest BCUT2D eigenvalue weighted by atomic mass is 35.5. The van der Waals surface area contributed by atoms with Crippen LogP contribution in [0.15, 0.2) is 48.5 Å². The van der Waals surface area contributed by atoms with Crippen LogP contribution in [0.1, 0.15) is 5.69 Å². The Balaban J connectivity index is 1.76. The van der Waals surface area contributed by atoms with E-state index in [0.717, 1.165) is 16.7 Å². The Hall–Kier alpha value is -2.83. The number of carbonyl (C=O) groups excluding carboxylic acids is 1. The quantitative estimate of drug-likeness (QED) is 0.527. The van der Waals surface area contributed by atoms with Gasteiger partial charge in [0.2, 0.25) is 5.91 Å². The largest absolute Gasteiger partial charge is 0.314 e. The van der Waals surface area contributed by atoms with Crippen molar-refractivity contribution in [3.8, 4) is 11.4 Å². The molecule has 4 rings (SSSR count). The van der Waals surface area contributed by atoms with Crippen LogP contribution in [-0.4, -0.2) is 25.2 Å². The number of anilines is 1. The molecular formula is C20H17Cl2N5O. The molecule has 2 heterocycles. The second-order valence-corrected chi connectivity index (χ2v) is 7.24. The Bertz CT molecular complexity index is 1190. The van der Waals surface area contributed by atoms with Gasteiger partial charge in [0.25, 0.3) is 0 Å². The zero-order valence-corrected chi connectivity index (χ0v) is 16.8. The average Bonchev–Trinajstić information content (AvgIpc) is 3.17. The highest BCUT2D eigenvalue weighted by Gasteiger charge is 2.18. The van der Waals surface area contributed by atoms with Gasteiger partial charge in [-0.2, -0.15) is 5.10 Å². The van der Waals surface area contributed by atoms with Gasteiger partial charge < -0.3 is 9.88 Å². The van der Waals surface area contributed by atoms with E-state index in [1.165, 1.54) is 0 Å². The topological polar surface area (TPSA) is 64.7 Å². The molecule has 0 atom stereocenters. The van der Waals surface area contributed by atoms with E-state index in [4.69, 9.17) is 23.2 Å². The molecule has 0 bridgehead atoms. The second-order valence-electron chi connectivity index (χ2n) is 6.45. The van der Waals surface area contributed by atoms with Gasteiger partial charge >= 0.3 is 0 Å². The molecule has 0 fully saturated rings. The average molecular weight is 414 g/mol. The number of amides is 1. The van der Waals surface area contributed by atoms with Crippen LogP contribution in [0.2, 0.25) is 10.0 Å². The summed E-state index contributed by atoms with van der Waals surface area (Å²) >= 11 is 12.6. The van der Waals surface area contributed by atoms with Gasteiger partial charge in [0, 0.05) is 18.7 Å². The smallest absolute Gasteiger partial charge is 0.245 e. The summed E-state index contributed by atoms with van der Waals surface area (Å²) in [5.74, 6) is 1.03. The van der Waals surface area contributed by atoms with Crippen LogP contribution in [0.3, 0.4) is 0 Å². The maximum absolute atomic E-state index is 12.8. The highest BCUT2D eigenvalue weighted by Crippen LogP contribution is 2.34. The lowest BCUT2D eigenvalue weighted by Crippen LogP contribution is -2.20. The van der Waals surface area contributed by atoms with Crippen molar-refractivity contribution >= 4 is 46.0 Å². The minimum atomic E-state index is -0.189. The Morgan fingerprint density at radius 2 is 1.93 bits per heavy atom. The summed E-state index contributed by atoms with van der Waals surface area (Å²) in [4.78, 5) is 17.4. The number of aryl methyl sites for hydroxylation is 2. The van der Waals surface area contributed by atoms with E-state index in [-0.39, 0.29) is 12.5 Å². The lowest BCUT2D eigenvalue weighted by Gasteiger charge is -2.11. The van der Waals surface area contributed by atoms with Crippen molar-refractivity contribution in [3.05, 3.63) is 64.3 Å². The molecular weight excluding hydrogens is 397 g/mol. The van der Waals surface area contributed by atoms with Crippen molar-refractivity contribution in [1.29, 1.82) is 0 Å². The molecule has 6 nitrogen and oxygen atoms in total. The third-order valence-corrected chi connectivity index (χ3v) is 5.24. The molecule has 142 valence electrons. The van der Waals surface area contributed by atoms with E-state index in [1.807, 2.05) is 54.0 Å². The Kier molecular flexibility index (Phi) is 4.83. The fraction of sp³-hybridized carbons (Fsp3) is 0.150. The molecule has 1 N–H and O–H groups in total. The van der Waals surface area contributed by atoms with Crippen LogP contribution >= 0.6 is 23.2 Å². The standard InChI is InChI=1S/C20H17Cl2N5O/c1-12-10-17(26(2)25-12)24-18(28)11-27-16-9-4-3-8-15(16)23-20(27)13-6-5-7-14(21)19(13)22/h3-10H,11H2,1-2H3,(H,24,28). The van der Waals surface area contributed by atoms with Crippen LogP contribution < -0.4 is 5.32 Å². The molecule has 0 aliphatic heterocycles. The molecule has 0 aliphatic rings. The molecule has 0 saturated heterocycles. The highest BCUT2D eigenvalue weighted by molar-refractivity contribution is 6.43. The fourth-order valence-corrected chi connectivity index (χ4v) is 3.56. The molecule has 0 aliphatic carbocycles. The zero-order chi connectivity index (χ0) is 19.8. The van der Waals surface area contributed by atoms with Gasteiger partial charge in [0.05, 0.1) is 26.8 Å². The first-order valence-corrected chi connectivity index (χ1v) is 9.40. The Morgan fingerprint density at radius 3 is 2.68 bits per heavy atom. The summed E-state index contributed by atoms with van der Waals surface area (Å²) in [6.07, 6.45) is 0. The summed E-state index contributed by atoms with van der Waals surface area (Å²) in [5, 5.41) is 7.98. The number of rotatable bonds is 4. The van der Waals surface area contributed by atoms with Gasteiger partial charge in [0.1, 0.15) is 18.2 Å². The van der Waals surface area contributed by atoms with Crippen molar-refractivity contribution in [2.75, 3.05) is 5.32 Å². The normalized spacial score (nSPS) is 11.1. The van der Waals surface area contributed by atoms with E-state index in [2.05, 4.69) is 15.4 Å². The first kappa shape index (κ1) is 18.5. The van der Waals surface area contributed by atoms with Gasteiger partial charge in [-0.1, -0.05) is 41.4 Å². The second kappa shape index (κ2) is 7.30. The summed E-state index contributed by atoms with van der Waals surface area (Å²) in [6.45, 7) is 1.95. The molecule has 2 aromatic heterocycles. The van der Waals surface area contributed by atoms with E-state index >= 15 is 0 Å². The van der Waals surface area contributed by atoms with E-state index in [1.54, 1.807) is 17.8 Å². The predicted octanol–water partition coefficient (Wildman–Crippen LogP) is 4.69. The number of aromatic nitrogens is 4. The zero-order valence-electron chi connectivity index (χ0n) is 15.3. The SMILES string of the molecule is Cc1cc(NC(=O)Cn2c(-c3cccc(Cl)c3Cl)nc3ccccc32)n(C)n1. The van der Waals surface area contributed by atoms with Crippen molar-refractivity contribution in [2.45, 2.75) is 13.5 Å². The lowest BCUT2D eigenvalue weighted by atomic mass is 10.2. The number of para-hydroxylation sites is 2. The molecule has 0 radical (unpaired) electrons. The number of benzene rings is 2. The minimum absolute atomic E-state index is 0.0723. The van der Waals surface area contributed by atoms with E-state index < -0.39 is 0 Å². The van der Waals surface area contributed by atoms with E-state index in [9.17, 15) is 4.79 Å². The third kappa shape index (κ3) is 3.37. The molecule has 4 aromatic rings. The van der Waals surface area contributed by atoms with Gasteiger partial charge in [0.15, 0.2) is 0 Å². The van der Waals surface area contributed by atoms with Crippen molar-refractivity contribution in [2.24, 2.45) is 7.05 Å². The maximum Gasteiger partial charge on any atom is 0.245 e. The fourth-order valence-electron chi connectivity index (χ4n) is 3.17. The van der Waals surface area contributed by atoms with Gasteiger partial charge in [-0.05, 0) is 31.2 Å². The lowest BCUT2D eigenvalue weighted by molar-refractivity contribution is -0.116. The van der Waals surface area contributed by atoms with Gasteiger partial charge in [-0.25, -0.2) is 4.98 Å². The number of nitrogens with zero attached hydrogens (tertiary/aromatic N) is 4. The number of nitrogens with one attached hydrogen (secondary N) is 1. The predicted molar refractivity (Wildman–Crippen MR) is 112 cm³/mol. The van der Waals surface area contributed by atoms with Crippen molar-refractivity contribution in [1.82, 2.24) is 19.3 Å². The van der Waals surface area contributed by atoms with Crippen LogP contribution in [0.5, 0.6) is 0 Å². The van der Waals surface area contributed by atoms with Crippen molar-refractivity contribution < 1.29 is 4.79 Å². The molecule has 28 heavy (non-hydrogen) atoms. The summed E-state index contributed by atoms with van der Waals surface area (Å²) in [7, 11) is 1.78. The van der Waals surface area contributed by atoms with Crippen LogP contribution in [0.4, 0.5) is 5.82 Å². The van der Waals surface area contributed by atoms with Gasteiger partial charge in [-0.15, -0.1) is 0 Å². The van der Waals surface area contributed by atoms with Gasteiger partial charge in [-0.3, -0.25) is 9.48 Å². The number of hydrogen-bond donors (Lipinski definition) is 1. The number of imidazole rings is 1. The number of halogens is 2. The van der Waals surface area contributed by atoms with E-state index in [0.29, 0.717) is 27.3 Å². The Labute approximate surface area is 171 Å². The number of fused-ring (bicyclic) bond motifs is 1. The van der Waals surface area contributed by atoms with Crippen LogP contribution in [0, 0.1) is 6.92 Å². The summed E-state index contributed by atoms with van der Waals surface area (Å²) < 4.78 is 3.47. The molecule has 1 amide bonds. The summed E-state index contributed by atoms with van der Waals surface area (Å²) in [5.41, 5.74) is 3.12. The first-order valence-electron chi connectivity index (χ1n) is 8.64. The molecule has 0 saturated carbocycles. The summed E-state index contributed by atoms with van der Waals surface area (Å²) in [6, 6.07) is 14.8. The monoisotopic (exact) mass is 413 g/mol. The molecule has 0 unspecified atom stereocenters. The Morgan fingerprint density at radius 1 is 1.14 bits per heavy atom. The number of carbonyl (C=O) groups is 1. The molecule has 0 spiro atoms. The van der Waals surface area contributed by atoms with Crippen molar-refractivity contribution in [3.63, 3.8) is 0 Å². The van der Waals surface area contributed by atoms with Crippen LogP contribution in [-0.2, 0) is 18.4 Å². The van der Waals surface area contributed by atoms with Crippen LogP contribution in [0.25, 0.3) is 22.4 Å². The third-order valence-electron chi connectivity index (χ3n) is 4.42. The molecule has 2 aromatic carbocycles. The number of hydrogen-bond acceptors (Lipinski definition) is 3. The first-order chi connectivity index (χ1) is 13.4. The minimum Gasteiger partial charge on any atom is -0.314 e. The molecule has 8 heteroatoms.